The highest BCUT2D eigenvalue weighted by Crippen LogP contribution is 2.42. The number of fused-ring (bicyclic) bond motifs is 9. The highest BCUT2D eigenvalue weighted by molar-refractivity contribution is 6.71. The number of hydrogen-bond acceptors (Lipinski definition) is 1. The molecule has 0 unspecified atom stereocenters. The summed E-state index contributed by atoms with van der Waals surface area (Å²) < 4.78 is 6.29. The predicted octanol–water partition coefficient (Wildman–Crippen LogP) is 4.70. The van der Waals surface area contributed by atoms with Gasteiger partial charge in [0.25, 0.3) is 0 Å². The molecule has 0 aliphatic rings. The van der Waals surface area contributed by atoms with Crippen LogP contribution >= 0.6 is 0 Å². The van der Waals surface area contributed by atoms with Crippen LogP contribution in [-0.2, 0) is 0 Å². The van der Waals surface area contributed by atoms with Crippen molar-refractivity contribution in [2.75, 3.05) is 0 Å². The van der Waals surface area contributed by atoms with E-state index in [0.717, 1.165) is 76.5 Å². The Morgan fingerprint density at radius 3 is 1.36 bits per heavy atom. The first kappa shape index (κ1) is 35.9. The maximum atomic E-state index is 7.02. The number of hydrogen-bond donors (Lipinski definition) is 0. The molecule has 0 fully saturated rings. The molecular weight excluding hydrogens is 703 g/mol. The van der Waals surface area contributed by atoms with Gasteiger partial charge in [0.2, 0.25) is 0 Å². The largest absolute Gasteiger partial charge is 0.456 e. The van der Waals surface area contributed by atoms with Crippen molar-refractivity contribution in [3.63, 3.8) is 0 Å². The lowest BCUT2D eigenvalue weighted by Crippen LogP contribution is -2.50. The van der Waals surface area contributed by atoms with E-state index in [0.29, 0.717) is 32.7 Å². The number of rotatable bonds is 3. The minimum atomic E-state index is 0.173. The minimum Gasteiger partial charge on any atom is -0.456 e. The Morgan fingerprint density at radius 2 is 0.729 bits per heavy atom. The molecule has 252 valence electrons. The topological polar surface area (TPSA) is 13.1 Å². The van der Waals surface area contributed by atoms with Gasteiger partial charge in [0.15, 0.2) is 0 Å². The van der Waals surface area contributed by atoms with Crippen molar-refractivity contribution in [2.24, 2.45) is 0 Å². The van der Waals surface area contributed by atoms with Gasteiger partial charge in [0, 0.05) is 10.8 Å². The van der Waals surface area contributed by atoms with Crippen molar-refractivity contribution in [2.45, 2.75) is 0 Å². The zero-order valence-electron chi connectivity index (χ0n) is 31.7. The summed E-state index contributed by atoms with van der Waals surface area (Å²) in [5.41, 5.74) is 8.36. The normalized spacial score (nSPS) is 11.9. The lowest BCUT2D eigenvalue weighted by molar-refractivity contribution is 0.669. The molecule has 59 heavy (non-hydrogen) atoms. The fourth-order valence-corrected chi connectivity index (χ4v) is 9.16. The van der Waals surface area contributed by atoms with Crippen LogP contribution in [0.3, 0.4) is 0 Å². The number of furan rings is 1. The molecule has 0 atom stereocenters. The first-order valence-corrected chi connectivity index (χ1v) is 19.2. The van der Waals surface area contributed by atoms with Gasteiger partial charge in [-0.05, 0) is 118 Å². The fraction of sp³-hybridized carbons (Fsp3) is 0. The Hall–Kier alpha value is -6.18. The third kappa shape index (κ3) is 5.23. The summed E-state index contributed by atoms with van der Waals surface area (Å²) in [6.07, 6.45) is 0. The van der Waals surface area contributed by atoms with Crippen molar-refractivity contribution >= 4 is 182 Å². The summed E-state index contributed by atoms with van der Waals surface area (Å²) in [7, 11) is 54.7. The molecular formula is C50H22B8O. The quantitative estimate of drug-likeness (QED) is 0.146. The average molecular weight is 725 g/mol. The Balaban J connectivity index is 1.18. The maximum Gasteiger partial charge on any atom is 0.136 e. The molecule has 16 radical (unpaired) electrons. The molecule has 0 bridgehead atoms. The summed E-state index contributed by atoms with van der Waals surface area (Å²) in [5, 5.41) is 11.1. The maximum absolute atomic E-state index is 7.02. The van der Waals surface area contributed by atoms with E-state index in [9.17, 15) is 0 Å². The van der Waals surface area contributed by atoms with E-state index >= 15 is 0 Å². The summed E-state index contributed by atoms with van der Waals surface area (Å²) in [6.45, 7) is 0. The molecule has 0 N–H and O–H groups in total. The summed E-state index contributed by atoms with van der Waals surface area (Å²) >= 11 is 0. The highest BCUT2D eigenvalue weighted by Gasteiger charge is 2.25. The van der Waals surface area contributed by atoms with Crippen LogP contribution in [0, 0.1) is 0 Å². The van der Waals surface area contributed by atoms with Crippen molar-refractivity contribution in [3.8, 4) is 33.4 Å². The molecule has 1 heterocycles. The second-order valence-corrected chi connectivity index (χ2v) is 15.4. The van der Waals surface area contributed by atoms with Crippen LogP contribution in [0.25, 0.3) is 109 Å². The van der Waals surface area contributed by atoms with E-state index in [1.54, 1.807) is 0 Å². The second-order valence-electron chi connectivity index (χ2n) is 15.4. The van der Waals surface area contributed by atoms with Crippen molar-refractivity contribution in [1.82, 2.24) is 0 Å². The molecule has 10 aromatic carbocycles. The van der Waals surface area contributed by atoms with Crippen LogP contribution in [0.5, 0.6) is 0 Å². The zero-order chi connectivity index (χ0) is 40.4. The molecule has 9 heteroatoms. The first-order chi connectivity index (χ1) is 28.6. The molecule has 11 aromatic rings. The van der Waals surface area contributed by atoms with E-state index < -0.39 is 0 Å². The average Bonchev–Trinajstić information content (AvgIpc) is 3.63. The third-order valence-electron chi connectivity index (χ3n) is 12.2. The van der Waals surface area contributed by atoms with Crippen LogP contribution in [0.1, 0.15) is 0 Å². The molecule has 11 rings (SSSR count). The molecule has 0 aliphatic heterocycles. The van der Waals surface area contributed by atoms with Gasteiger partial charge < -0.3 is 4.42 Å². The minimum absolute atomic E-state index is 0.173. The van der Waals surface area contributed by atoms with Crippen LogP contribution in [0.2, 0.25) is 0 Å². The SMILES string of the molecule is [B]c1c([B])c([B])c2c(-c3ccc4c(ccc5ccccc54)c3)c3c([B])c([B])c([B])c([B])c3c(-c3ccc(-c4ccc5oc6cc7ccccc7cc6c5c4)cc3)c2c1[B]. The highest BCUT2D eigenvalue weighted by atomic mass is 16.3. The Kier molecular flexibility index (Phi) is 8.02. The van der Waals surface area contributed by atoms with E-state index in [1.165, 1.54) is 0 Å². The molecule has 1 nitrogen and oxygen atoms in total. The smallest absolute Gasteiger partial charge is 0.136 e. The summed E-state index contributed by atoms with van der Waals surface area (Å²) in [5.74, 6) is 0. The molecule has 1 aromatic heterocycles. The van der Waals surface area contributed by atoms with Crippen LogP contribution in [0.15, 0.2) is 138 Å². The van der Waals surface area contributed by atoms with Gasteiger partial charge in [0.1, 0.15) is 73.9 Å². The van der Waals surface area contributed by atoms with Gasteiger partial charge in [-0.2, -0.15) is 0 Å². The Bertz CT molecular complexity index is 3560. The second kappa shape index (κ2) is 13.2. The van der Waals surface area contributed by atoms with Crippen molar-refractivity contribution in [1.29, 1.82) is 0 Å². The van der Waals surface area contributed by atoms with Crippen molar-refractivity contribution in [3.05, 3.63) is 133 Å². The van der Waals surface area contributed by atoms with Crippen LogP contribution in [0.4, 0.5) is 0 Å². The zero-order valence-corrected chi connectivity index (χ0v) is 31.7. The lowest BCUT2D eigenvalue weighted by Gasteiger charge is -2.28. The van der Waals surface area contributed by atoms with E-state index in [2.05, 4.69) is 84.9 Å². The standard InChI is InChI=1S/C50H22B8O/c51-43-39-37(25-12-9-23(10-13-25)28-16-18-35-33(21-28)34-20-26-6-1-2-7-27(26)22-36(34)59-35)40-42(46(54)50(58)48(56)44(40)52)38(41(39)45(53)49(57)47(43)55)30-15-17-32-29(19-30)14-11-24-5-3-4-8-31(24)32/h1-22H. The molecule has 0 aliphatic carbocycles. The molecule has 0 spiro atoms. The van der Waals surface area contributed by atoms with Gasteiger partial charge in [-0.3, -0.25) is 0 Å². The summed E-state index contributed by atoms with van der Waals surface area (Å²) in [6, 6.07) is 45.8. The third-order valence-corrected chi connectivity index (χ3v) is 12.2. The summed E-state index contributed by atoms with van der Waals surface area (Å²) in [4.78, 5) is 0. The van der Waals surface area contributed by atoms with Gasteiger partial charge in [-0.1, -0.05) is 125 Å². The van der Waals surface area contributed by atoms with Gasteiger partial charge in [0.05, 0.1) is 0 Å². The first-order valence-electron chi connectivity index (χ1n) is 19.2. The van der Waals surface area contributed by atoms with Crippen LogP contribution in [-0.4, -0.2) is 62.8 Å². The van der Waals surface area contributed by atoms with E-state index in [4.69, 9.17) is 67.2 Å². The molecule has 0 amide bonds. The lowest BCUT2D eigenvalue weighted by atomic mass is 9.59. The van der Waals surface area contributed by atoms with Crippen LogP contribution < -0.4 is 43.7 Å². The predicted molar refractivity (Wildman–Crippen MR) is 261 cm³/mol. The monoisotopic (exact) mass is 726 g/mol. The van der Waals surface area contributed by atoms with Gasteiger partial charge in [-0.25, -0.2) is 0 Å². The Labute approximate surface area is 351 Å². The van der Waals surface area contributed by atoms with E-state index in [-0.39, 0.29) is 43.7 Å². The van der Waals surface area contributed by atoms with Gasteiger partial charge >= 0.3 is 0 Å². The molecule has 0 saturated heterocycles. The number of benzene rings is 10. The van der Waals surface area contributed by atoms with Gasteiger partial charge in [-0.15, -0.1) is 21.9 Å². The Morgan fingerprint density at radius 1 is 0.271 bits per heavy atom. The fourth-order valence-electron chi connectivity index (χ4n) is 9.16. The molecule has 0 saturated carbocycles. The van der Waals surface area contributed by atoms with E-state index in [1.807, 2.05) is 48.5 Å². The van der Waals surface area contributed by atoms with Crippen molar-refractivity contribution < 1.29 is 4.42 Å².